The third kappa shape index (κ3) is 5.25. The molecule has 0 aliphatic carbocycles. The van der Waals surface area contributed by atoms with Crippen LogP contribution in [0.25, 0.3) is 16.8 Å². The number of aromatic nitrogens is 4. The van der Waals surface area contributed by atoms with E-state index in [2.05, 4.69) is 29.9 Å². The van der Waals surface area contributed by atoms with E-state index in [1.54, 1.807) is 36.7 Å². The van der Waals surface area contributed by atoms with Crippen molar-refractivity contribution >= 4 is 29.3 Å². The molecule has 5 N–H and O–H groups in total. The lowest BCUT2D eigenvalue weighted by Gasteiger charge is -2.32. The summed E-state index contributed by atoms with van der Waals surface area (Å²) in [7, 11) is 1.85. The van der Waals surface area contributed by atoms with Gasteiger partial charge in [0.05, 0.1) is 0 Å². The van der Waals surface area contributed by atoms with Gasteiger partial charge in [0.1, 0.15) is 28.7 Å². The molecule has 10 nitrogen and oxygen atoms in total. The predicted octanol–water partition coefficient (Wildman–Crippen LogP) is 3.56. The van der Waals surface area contributed by atoms with Gasteiger partial charge in [0.25, 0.3) is 5.91 Å². The van der Waals surface area contributed by atoms with Crippen molar-refractivity contribution in [3.63, 3.8) is 0 Å². The Labute approximate surface area is 221 Å². The van der Waals surface area contributed by atoms with Crippen LogP contribution in [0.4, 0.5) is 11.6 Å². The van der Waals surface area contributed by atoms with E-state index < -0.39 is 0 Å². The molecule has 194 valence electrons. The maximum atomic E-state index is 12.7. The highest BCUT2D eigenvalue weighted by Gasteiger charge is 2.27. The molecule has 4 heterocycles. The van der Waals surface area contributed by atoms with Gasteiger partial charge in [-0.15, -0.1) is 0 Å². The van der Waals surface area contributed by atoms with Crippen LogP contribution < -0.4 is 16.4 Å². The number of benzene rings is 1. The van der Waals surface area contributed by atoms with Crippen LogP contribution in [0.2, 0.25) is 0 Å². The molecule has 1 amide bonds. The Hall–Kier alpha value is -4.57. The number of pyridine rings is 1. The normalized spacial score (nSPS) is 16.3. The highest BCUT2D eigenvalue weighted by atomic mass is 16.1. The van der Waals surface area contributed by atoms with E-state index in [-0.39, 0.29) is 11.8 Å². The monoisotopic (exact) mass is 509 g/mol. The molecule has 0 saturated carbocycles. The summed E-state index contributed by atoms with van der Waals surface area (Å²) >= 11 is 0. The van der Waals surface area contributed by atoms with E-state index in [4.69, 9.17) is 16.1 Å². The Bertz CT molecular complexity index is 1460. The molecule has 10 heteroatoms. The SMILES string of the molecule is CN/C=C(\C=N)CN1CCCC(c2nc(-c3ccc(C(=O)Nc4ccccn4)cc3)c3c(N)nccn23)C1. The number of anilines is 2. The number of rotatable bonds is 8. The van der Waals surface area contributed by atoms with E-state index in [1.165, 1.54) is 6.21 Å². The van der Waals surface area contributed by atoms with Gasteiger partial charge in [-0.3, -0.25) is 14.1 Å². The first-order chi connectivity index (χ1) is 18.6. The number of likely N-dealkylation sites (tertiary alicyclic amines) is 1. The third-order valence-corrected chi connectivity index (χ3v) is 6.73. The van der Waals surface area contributed by atoms with Gasteiger partial charge in [-0.05, 0) is 49.2 Å². The van der Waals surface area contributed by atoms with Crippen molar-refractivity contribution in [2.45, 2.75) is 18.8 Å². The Morgan fingerprint density at radius 3 is 2.76 bits per heavy atom. The number of piperidine rings is 1. The molecule has 0 bridgehead atoms. The minimum Gasteiger partial charge on any atom is -0.394 e. The molecule has 1 aromatic carbocycles. The lowest BCUT2D eigenvalue weighted by atomic mass is 9.97. The molecule has 1 fully saturated rings. The van der Waals surface area contributed by atoms with Crippen molar-refractivity contribution in [3.8, 4) is 11.3 Å². The second kappa shape index (κ2) is 11.2. The lowest BCUT2D eigenvalue weighted by Crippen LogP contribution is -2.36. The van der Waals surface area contributed by atoms with Crippen LogP contribution in [-0.4, -0.2) is 63.1 Å². The van der Waals surface area contributed by atoms with Crippen LogP contribution in [0.5, 0.6) is 0 Å². The third-order valence-electron chi connectivity index (χ3n) is 6.73. The molecule has 1 saturated heterocycles. The fourth-order valence-corrected chi connectivity index (χ4v) is 4.97. The molecule has 0 spiro atoms. The van der Waals surface area contributed by atoms with E-state index in [9.17, 15) is 4.79 Å². The molecule has 38 heavy (non-hydrogen) atoms. The van der Waals surface area contributed by atoms with Crippen molar-refractivity contribution < 1.29 is 4.79 Å². The van der Waals surface area contributed by atoms with Crippen molar-refractivity contribution in [2.75, 3.05) is 37.7 Å². The molecule has 3 aromatic heterocycles. The van der Waals surface area contributed by atoms with E-state index in [0.29, 0.717) is 23.7 Å². The summed E-state index contributed by atoms with van der Waals surface area (Å²) in [6.45, 7) is 2.53. The van der Waals surface area contributed by atoms with Gasteiger partial charge in [-0.25, -0.2) is 15.0 Å². The van der Waals surface area contributed by atoms with Gasteiger partial charge in [-0.1, -0.05) is 18.2 Å². The smallest absolute Gasteiger partial charge is 0.256 e. The van der Waals surface area contributed by atoms with Crippen molar-refractivity contribution in [1.29, 1.82) is 5.41 Å². The quantitative estimate of drug-likeness (QED) is 0.267. The summed E-state index contributed by atoms with van der Waals surface area (Å²) < 4.78 is 2.05. The predicted molar refractivity (Wildman–Crippen MR) is 149 cm³/mol. The molecule has 4 aromatic rings. The number of nitrogens with one attached hydrogen (secondary N) is 3. The average molecular weight is 510 g/mol. The van der Waals surface area contributed by atoms with Crippen LogP contribution in [-0.2, 0) is 0 Å². The van der Waals surface area contributed by atoms with Crippen molar-refractivity contribution in [2.24, 2.45) is 0 Å². The van der Waals surface area contributed by atoms with E-state index >= 15 is 0 Å². The number of imidazole rings is 1. The molecule has 1 unspecified atom stereocenters. The lowest BCUT2D eigenvalue weighted by molar-refractivity contribution is 0.102. The first kappa shape index (κ1) is 25.1. The largest absolute Gasteiger partial charge is 0.394 e. The zero-order valence-electron chi connectivity index (χ0n) is 21.3. The molecule has 5 rings (SSSR count). The minimum atomic E-state index is -0.231. The molecule has 1 aliphatic heterocycles. The summed E-state index contributed by atoms with van der Waals surface area (Å²) in [5, 5.41) is 13.5. The van der Waals surface area contributed by atoms with Gasteiger partial charge in [-0.2, -0.15) is 0 Å². The fourth-order valence-electron chi connectivity index (χ4n) is 4.97. The molecule has 1 atom stereocenters. The molecular weight excluding hydrogens is 478 g/mol. The zero-order valence-corrected chi connectivity index (χ0v) is 21.3. The molecule has 0 radical (unpaired) electrons. The summed E-state index contributed by atoms with van der Waals surface area (Å²) in [5.41, 5.74) is 10.2. The van der Waals surface area contributed by atoms with Crippen LogP contribution in [0.15, 0.2) is 72.8 Å². The Kier molecular flexibility index (Phi) is 7.41. The number of carbonyl (C=O) groups excluding carboxylic acids is 1. The second-order valence-corrected chi connectivity index (χ2v) is 9.32. The van der Waals surface area contributed by atoms with Gasteiger partial charge in [0.2, 0.25) is 0 Å². The molecule has 1 aliphatic rings. The van der Waals surface area contributed by atoms with Crippen LogP contribution in [0.3, 0.4) is 0 Å². The van der Waals surface area contributed by atoms with E-state index in [1.807, 2.05) is 37.6 Å². The topological polar surface area (TPSA) is 137 Å². The first-order valence-electron chi connectivity index (χ1n) is 12.6. The Morgan fingerprint density at radius 2 is 2.03 bits per heavy atom. The first-order valence-corrected chi connectivity index (χ1v) is 12.6. The van der Waals surface area contributed by atoms with Gasteiger partial charge in [0.15, 0.2) is 0 Å². The summed E-state index contributed by atoms with van der Waals surface area (Å²) in [4.78, 5) is 28.6. The Morgan fingerprint density at radius 1 is 1.18 bits per heavy atom. The number of carbonyl (C=O) groups is 1. The summed E-state index contributed by atoms with van der Waals surface area (Å²) in [6.07, 6.45) is 10.6. The number of hydrogen-bond donors (Lipinski definition) is 4. The van der Waals surface area contributed by atoms with Gasteiger partial charge in [0, 0.05) is 68.2 Å². The number of fused-ring (bicyclic) bond motifs is 1. The Balaban J connectivity index is 1.43. The molecular formula is C28H31N9O. The van der Waals surface area contributed by atoms with Gasteiger partial charge < -0.3 is 21.8 Å². The van der Waals surface area contributed by atoms with E-state index in [0.717, 1.165) is 54.1 Å². The van der Waals surface area contributed by atoms with Crippen molar-refractivity contribution in [1.82, 2.24) is 29.6 Å². The maximum Gasteiger partial charge on any atom is 0.256 e. The fraction of sp³-hybridized carbons (Fsp3) is 0.250. The summed E-state index contributed by atoms with van der Waals surface area (Å²) in [5.74, 6) is 1.83. The van der Waals surface area contributed by atoms with Gasteiger partial charge >= 0.3 is 0 Å². The zero-order chi connectivity index (χ0) is 26.5. The number of amides is 1. The summed E-state index contributed by atoms with van der Waals surface area (Å²) in [6, 6.07) is 12.7. The average Bonchev–Trinajstić information content (AvgIpc) is 3.35. The van der Waals surface area contributed by atoms with Crippen LogP contribution >= 0.6 is 0 Å². The van der Waals surface area contributed by atoms with Crippen LogP contribution in [0, 0.1) is 5.41 Å². The van der Waals surface area contributed by atoms with Crippen molar-refractivity contribution in [3.05, 3.63) is 84.2 Å². The highest BCUT2D eigenvalue weighted by molar-refractivity contribution is 6.04. The van der Waals surface area contributed by atoms with Crippen LogP contribution in [0.1, 0.15) is 34.9 Å². The number of nitrogens with zero attached hydrogens (tertiary/aromatic N) is 5. The number of hydrogen-bond acceptors (Lipinski definition) is 8. The highest BCUT2D eigenvalue weighted by Crippen LogP contribution is 2.34. The standard InChI is InChI=1S/C28H31N9O/c1-31-16-19(15-29)17-36-13-4-5-22(18-36)27-35-24(25-26(30)33-12-14-37(25)27)20-7-9-21(10-8-20)28(38)34-23-6-2-3-11-32-23/h2-3,6-12,14-16,22,29,31H,4-5,13,17-18H2,1H3,(H2,30,33)(H,32,34,38)/b19-16+,29-15?. The number of nitrogen functional groups attached to an aromatic ring is 1. The minimum absolute atomic E-state index is 0.205. The second-order valence-electron chi connectivity index (χ2n) is 9.32. The maximum absolute atomic E-state index is 12.7. The number of nitrogens with two attached hydrogens (primary N) is 1.